The molecule has 3 nitrogen and oxygen atoms in total. The van der Waals surface area contributed by atoms with Crippen molar-refractivity contribution in [2.75, 3.05) is 0 Å². The fraction of sp³-hybridized carbons (Fsp3) is 0.500. The fourth-order valence-corrected chi connectivity index (χ4v) is 3.84. The maximum absolute atomic E-state index is 12.0. The second kappa shape index (κ2) is 4.55. The largest absolute Gasteiger partial charge is 0.294 e. The maximum Gasteiger partial charge on any atom is 0.194 e. The van der Waals surface area contributed by atoms with Crippen LogP contribution in [0.1, 0.15) is 61.1 Å². The number of Topliss-reactive ketones (excluding diaryl/α,β-unsaturated/α-hetero) is 1. The Morgan fingerprint density at radius 1 is 1.30 bits per heavy atom. The van der Waals surface area contributed by atoms with E-state index in [1.54, 1.807) is 11.3 Å². The van der Waals surface area contributed by atoms with Crippen LogP contribution in [-0.4, -0.2) is 15.3 Å². The predicted octanol–water partition coefficient (Wildman–Crippen LogP) is 4.06. The van der Waals surface area contributed by atoms with Crippen LogP contribution in [0.4, 0.5) is 0 Å². The Kier molecular flexibility index (Phi) is 3.09. The van der Waals surface area contributed by atoms with E-state index >= 15 is 0 Å². The molecule has 2 heterocycles. The minimum Gasteiger partial charge on any atom is -0.294 e. The van der Waals surface area contributed by atoms with E-state index in [2.05, 4.69) is 37.6 Å². The number of fused-ring (bicyclic) bond motifs is 1. The highest BCUT2D eigenvalue weighted by Gasteiger charge is 2.25. The van der Waals surface area contributed by atoms with E-state index in [1.807, 2.05) is 6.07 Å². The first-order chi connectivity index (χ1) is 9.38. The van der Waals surface area contributed by atoms with Crippen LogP contribution in [0.2, 0.25) is 0 Å². The Hall–Kier alpha value is -1.42. The topological polar surface area (TPSA) is 34.9 Å². The van der Waals surface area contributed by atoms with Crippen molar-refractivity contribution in [3.05, 3.63) is 34.1 Å². The smallest absolute Gasteiger partial charge is 0.194 e. The Morgan fingerprint density at radius 2 is 2.05 bits per heavy atom. The van der Waals surface area contributed by atoms with Crippen molar-refractivity contribution in [2.45, 2.75) is 52.4 Å². The van der Waals surface area contributed by atoms with E-state index < -0.39 is 0 Å². The van der Waals surface area contributed by atoms with Crippen molar-refractivity contribution in [1.29, 1.82) is 0 Å². The van der Waals surface area contributed by atoms with Gasteiger partial charge in [-0.05, 0) is 25.8 Å². The number of aromatic nitrogens is 2. The van der Waals surface area contributed by atoms with Gasteiger partial charge in [0.25, 0.3) is 0 Å². The number of carbonyl (C=O) groups is 1. The van der Waals surface area contributed by atoms with Gasteiger partial charge in [0.1, 0.15) is 0 Å². The Morgan fingerprint density at radius 3 is 2.70 bits per heavy atom. The van der Waals surface area contributed by atoms with Crippen LogP contribution in [-0.2, 0) is 11.8 Å². The lowest BCUT2D eigenvalue weighted by Crippen LogP contribution is -2.14. The SMILES string of the molecule is Cc1cc2c(n1-c1nc(C(C)(C)C)cs1)CCCC2=O. The molecule has 1 aliphatic carbocycles. The zero-order valence-corrected chi connectivity index (χ0v) is 13.3. The molecule has 0 unspecified atom stereocenters. The Bertz CT molecular complexity index is 673. The third kappa shape index (κ3) is 2.12. The summed E-state index contributed by atoms with van der Waals surface area (Å²) in [6.45, 7) is 8.58. The maximum atomic E-state index is 12.0. The molecule has 0 aliphatic heterocycles. The molecule has 0 amide bonds. The molecule has 0 bridgehead atoms. The van der Waals surface area contributed by atoms with E-state index in [0.29, 0.717) is 6.42 Å². The fourth-order valence-electron chi connectivity index (χ4n) is 2.71. The zero-order chi connectivity index (χ0) is 14.5. The molecular formula is C16H20N2OS. The van der Waals surface area contributed by atoms with Gasteiger partial charge in [-0.1, -0.05) is 20.8 Å². The molecule has 0 atom stereocenters. The zero-order valence-electron chi connectivity index (χ0n) is 12.5. The molecule has 3 rings (SSSR count). The van der Waals surface area contributed by atoms with Crippen LogP contribution < -0.4 is 0 Å². The average molecular weight is 288 g/mol. The number of aryl methyl sites for hydroxylation is 1. The molecule has 0 aromatic carbocycles. The number of thiazole rings is 1. The molecule has 2 aromatic rings. The Balaban J connectivity index is 2.11. The van der Waals surface area contributed by atoms with Crippen LogP contribution >= 0.6 is 11.3 Å². The number of carbonyl (C=O) groups excluding carboxylic acids is 1. The summed E-state index contributed by atoms with van der Waals surface area (Å²) in [6, 6.07) is 2.02. The summed E-state index contributed by atoms with van der Waals surface area (Å²) in [4.78, 5) is 16.8. The van der Waals surface area contributed by atoms with Gasteiger partial charge >= 0.3 is 0 Å². The van der Waals surface area contributed by atoms with Crippen molar-refractivity contribution in [3.63, 3.8) is 0 Å². The number of rotatable bonds is 1. The van der Waals surface area contributed by atoms with Gasteiger partial charge < -0.3 is 0 Å². The van der Waals surface area contributed by atoms with Crippen molar-refractivity contribution in [2.24, 2.45) is 0 Å². The molecule has 2 aromatic heterocycles. The standard InChI is InChI=1S/C16H20N2OS/c1-10-8-11-12(6-5-7-13(11)19)18(10)15-17-14(9-20-15)16(2,3)4/h8-9H,5-7H2,1-4H3. The lowest BCUT2D eigenvalue weighted by molar-refractivity contribution is 0.0972. The van der Waals surface area contributed by atoms with Gasteiger partial charge in [0.05, 0.1) is 5.69 Å². The normalized spacial score (nSPS) is 15.5. The molecule has 0 saturated heterocycles. The van der Waals surface area contributed by atoms with Crippen molar-refractivity contribution in [1.82, 2.24) is 9.55 Å². The second-order valence-electron chi connectivity index (χ2n) is 6.52. The Labute approximate surface area is 123 Å². The van der Waals surface area contributed by atoms with E-state index in [9.17, 15) is 4.79 Å². The summed E-state index contributed by atoms with van der Waals surface area (Å²) in [5.41, 5.74) is 4.34. The van der Waals surface area contributed by atoms with Crippen molar-refractivity contribution >= 4 is 17.1 Å². The van der Waals surface area contributed by atoms with Crippen LogP contribution in [0.3, 0.4) is 0 Å². The lowest BCUT2D eigenvalue weighted by atomic mass is 9.93. The van der Waals surface area contributed by atoms with Gasteiger partial charge in [0.2, 0.25) is 0 Å². The average Bonchev–Trinajstić information content (AvgIpc) is 2.92. The third-order valence-electron chi connectivity index (χ3n) is 3.86. The van der Waals surface area contributed by atoms with Crippen molar-refractivity contribution in [3.8, 4) is 5.13 Å². The quantitative estimate of drug-likeness (QED) is 0.793. The van der Waals surface area contributed by atoms with E-state index in [4.69, 9.17) is 4.98 Å². The monoisotopic (exact) mass is 288 g/mol. The number of ketones is 1. The molecule has 0 saturated carbocycles. The number of nitrogens with zero attached hydrogens (tertiary/aromatic N) is 2. The first kappa shape index (κ1) is 13.6. The highest BCUT2D eigenvalue weighted by Crippen LogP contribution is 2.31. The molecule has 0 spiro atoms. The second-order valence-corrected chi connectivity index (χ2v) is 7.36. The molecule has 106 valence electrons. The first-order valence-electron chi connectivity index (χ1n) is 7.09. The van der Waals surface area contributed by atoms with Gasteiger partial charge in [0.15, 0.2) is 10.9 Å². The molecule has 1 aliphatic rings. The summed E-state index contributed by atoms with van der Waals surface area (Å²) >= 11 is 1.66. The summed E-state index contributed by atoms with van der Waals surface area (Å²) < 4.78 is 2.17. The first-order valence-corrected chi connectivity index (χ1v) is 7.96. The van der Waals surface area contributed by atoms with Crippen LogP contribution in [0.25, 0.3) is 5.13 Å². The molecule has 0 radical (unpaired) electrons. The van der Waals surface area contributed by atoms with E-state index in [-0.39, 0.29) is 11.2 Å². The van der Waals surface area contributed by atoms with Gasteiger partial charge in [-0.3, -0.25) is 9.36 Å². The third-order valence-corrected chi connectivity index (χ3v) is 4.68. The molecule has 0 N–H and O–H groups in total. The number of hydrogen-bond donors (Lipinski definition) is 0. The molecule has 4 heteroatoms. The molecule has 0 fully saturated rings. The van der Waals surface area contributed by atoms with Crippen LogP contribution in [0.15, 0.2) is 11.4 Å². The summed E-state index contributed by atoms with van der Waals surface area (Å²) in [7, 11) is 0. The van der Waals surface area contributed by atoms with Crippen molar-refractivity contribution < 1.29 is 4.79 Å². The molecule has 20 heavy (non-hydrogen) atoms. The highest BCUT2D eigenvalue weighted by molar-refractivity contribution is 7.12. The van der Waals surface area contributed by atoms with E-state index in [1.165, 1.54) is 0 Å². The number of hydrogen-bond acceptors (Lipinski definition) is 3. The minimum atomic E-state index is 0.0612. The van der Waals surface area contributed by atoms with Gasteiger partial charge in [0, 0.05) is 34.2 Å². The van der Waals surface area contributed by atoms with Gasteiger partial charge in [-0.15, -0.1) is 11.3 Å². The highest BCUT2D eigenvalue weighted by atomic mass is 32.1. The van der Waals surface area contributed by atoms with Gasteiger partial charge in [-0.25, -0.2) is 4.98 Å². The summed E-state index contributed by atoms with van der Waals surface area (Å²) in [6.07, 6.45) is 2.60. The summed E-state index contributed by atoms with van der Waals surface area (Å²) in [5.74, 6) is 0.278. The van der Waals surface area contributed by atoms with E-state index in [0.717, 1.165) is 40.6 Å². The predicted molar refractivity (Wildman–Crippen MR) is 82.1 cm³/mol. The van der Waals surface area contributed by atoms with Crippen LogP contribution in [0.5, 0.6) is 0 Å². The van der Waals surface area contributed by atoms with Gasteiger partial charge in [-0.2, -0.15) is 0 Å². The minimum absolute atomic E-state index is 0.0612. The molecular weight excluding hydrogens is 268 g/mol. The summed E-state index contributed by atoms with van der Waals surface area (Å²) in [5, 5.41) is 3.12. The van der Waals surface area contributed by atoms with Crippen LogP contribution in [0, 0.1) is 6.92 Å². The lowest BCUT2D eigenvalue weighted by Gasteiger charge is -2.15.